The maximum absolute atomic E-state index is 9.20. The minimum absolute atomic E-state index is 0.582. The van der Waals surface area contributed by atoms with Crippen molar-refractivity contribution in [1.82, 2.24) is 14.8 Å². The van der Waals surface area contributed by atoms with Gasteiger partial charge in [0.05, 0.1) is 11.3 Å². The zero-order chi connectivity index (χ0) is 12.6. The lowest BCUT2D eigenvalue weighted by molar-refractivity contribution is 0.801. The van der Waals surface area contributed by atoms with Crippen molar-refractivity contribution in [1.29, 1.82) is 5.26 Å². The fourth-order valence-corrected chi connectivity index (χ4v) is 1.77. The standard InChI is InChI=1S/C13H14N4/c1-8-5-6-15-13(12(8)7-14)17-11(4)9(2)10(3)16-17/h5-6H,1-4H3. The van der Waals surface area contributed by atoms with Crippen molar-refractivity contribution in [3.8, 4) is 11.9 Å². The summed E-state index contributed by atoms with van der Waals surface area (Å²) in [5, 5.41) is 13.6. The van der Waals surface area contributed by atoms with Gasteiger partial charge in [0, 0.05) is 11.9 Å². The zero-order valence-corrected chi connectivity index (χ0v) is 10.4. The topological polar surface area (TPSA) is 54.5 Å². The van der Waals surface area contributed by atoms with Gasteiger partial charge in [0.1, 0.15) is 6.07 Å². The molecule has 0 aliphatic rings. The molecule has 0 spiro atoms. The number of nitriles is 1. The molecule has 0 unspecified atom stereocenters. The monoisotopic (exact) mass is 226 g/mol. The van der Waals surface area contributed by atoms with Crippen molar-refractivity contribution in [2.75, 3.05) is 0 Å². The number of hydrogen-bond acceptors (Lipinski definition) is 3. The van der Waals surface area contributed by atoms with Crippen molar-refractivity contribution in [3.05, 3.63) is 40.3 Å². The van der Waals surface area contributed by atoms with E-state index in [-0.39, 0.29) is 0 Å². The summed E-state index contributed by atoms with van der Waals surface area (Å²) in [5.74, 6) is 0.612. The van der Waals surface area contributed by atoms with E-state index in [0.717, 1.165) is 22.5 Å². The van der Waals surface area contributed by atoms with E-state index in [2.05, 4.69) is 16.2 Å². The van der Waals surface area contributed by atoms with E-state index in [9.17, 15) is 5.26 Å². The molecule has 2 aromatic rings. The van der Waals surface area contributed by atoms with Gasteiger partial charge in [-0.05, 0) is 44.9 Å². The highest BCUT2D eigenvalue weighted by Crippen LogP contribution is 2.19. The SMILES string of the molecule is Cc1ccnc(-n2nc(C)c(C)c2C)c1C#N. The molecule has 0 fully saturated rings. The van der Waals surface area contributed by atoms with Gasteiger partial charge < -0.3 is 0 Å². The minimum atomic E-state index is 0.582. The Balaban J connectivity index is 2.74. The predicted octanol–water partition coefficient (Wildman–Crippen LogP) is 2.37. The Labute approximate surface area is 101 Å². The molecule has 2 rings (SSSR count). The van der Waals surface area contributed by atoms with E-state index in [0.29, 0.717) is 11.4 Å². The second-order valence-corrected chi connectivity index (χ2v) is 4.15. The van der Waals surface area contributed by atoms with Crippen LogP contribution in [0.5, 0.6) is 0 Å². The summed E-state index contributed by atoms with van der Waals surface area (Å²) in [7, 11) is 0. The van der Waals surface area contributed by atoms with Crippen LogP contribution in [0.1, 0.15) is 28.1 Å². The summed E-state index contributed by atoms with van der Waals surface area (Å²) in [6.07, 6.45) is 1.71. The van der Waals surface area contributed by atoms with Crippen LogP contribution in [0.25, 0.3) is 5.82 Å². The zero-order valence-electron chi connectivity index (χ0n) is 10.4. The minimum Gasteiger partial charge on any atom is -0.236 e. The Kier molecular flexibility index (Phi) is 2.68. The molecular formula is C13H14N4. The third-order valence-electron chi connectivity index (χ3n) is 3.10. The van der Waals surface area contributed by atoms with Gasteiger partial charge in [0.25, 0.3) is 0 Å². The van der Waals surface area contributed by atoms with Gasteiger partial charge in [0.15, 0.2) is 5.82 Å². The van der Waals surface area contributed by atoms with Crippen LogP contribution in [0.4, 0.5) is 0 Å². The van der Waals surface area contributed by atoms with Gasteiger partial charge in [-0.2, -0.15) is 10.4 Å². The molecule has 4 heteroatoms. The first-order chi connectivity index (χ1) is 8.06. The summed E-state index contributed by atoms with van der Waals surface area (Å²) < 4.78 is 1.75. The Hall–Kier alpha value is -2.15. The highest BCUT2D eigenvalue weighted by Gasteiger charge is 2.14. The second kappa shape index (κ2) is 4.02. The largest absolute Gasteiger partial charge is 0.236 e. The van der Waals surface area contributed by atoms with Crippen molar-refractivity contribution in [3.63, 3.8) is 0 Å². The van der Waals surface area contributed by atoms with Gasteiger partial charge >= 0.3 is 0 Å². The lowest BCUT2D eigenvalue weighted by Crippen LogP contribution is -2.06. The first-order valence-electron chi connectivity index (χ1n) is 5.45. The van der Waals surface area contributed by atoms with Crippen molar-refractivity contribution in [2.45, 2.75) is 27.7 Å². The van der Waals surface area contributed by atoms with Crippen LogP contribution >= 0.6 is 0 Å². The summed E-state index contributed by atoms with van der Waals surface area (Å²) in [6.45, 7) is 7.87. The number of rotatable bonds is 1. The van der Waals surface area contributed by atoms with E-state index >= 15 is 0 Å². The fourth-order valence-electron chi connectivity index (χ4n) is 1.77. The Morgan fingerprint density at radius 1 is 1.24 bits per heavy atom. The third-order valence-corrected chi connectivity index (χ3v) is 3.10. The lowest BCUT2D eigenvalue weighted by Gasteiger charge is -2.07. The number of aryl methyl sites for hydroxylation is 2. The van der Waals surface area contributed by atoms with Crippen LogP contribution < -0.4 is 0 Å². The van der Waals surface area contributed by atoms with E-state index in [1.54, 1.807) is 10.9 Å². The van der Waals surface area contributed by atoms with E-state index in [4.69, 9.17) is 0 Å². The molecule has 0 bridgehead atoms. The Morgan fingerprint density at radius 3 is 2.47 bits per heavy atom. The van der Waals surface area contributed by atoms with Gasteiger partial charge in [-0.1, -0.05) is 0 Å². The Morgan fingerprint density at radius 2 is 1.94 bits per heavy atom. The molecule has 0 aliphatic heterocycles. The molecule has 0 aromatic carbocycles. The summed E-state index contributed by atoms with van der Waals surface area (Å²) in [4.78, 5) is 4.27. The summed E-state index contributed by atoms with van der Waals surface area (Å²) in [5.41, 5.74) is 4.63. The van der Waals surface area contributed by atoms with Gasteiger partial charge in [0.2, 0.25) is 0 Å². The number of pyridine rings is 1. The van der Waals surface area contributed by atoms with E-state index < -0.39 is 0 Å². The fraction of sp³-hybridized carbons (Fsp3) is 0.308. The molecule has 86 valence electrons. The maximum atomic E-state index is 9.20. The lowest BCUT2D eigenvalue weighted by atomic mass is 10.1. The molecular weight excluding hydrogens is 212 g/mol. The van der Waals surface area contributed by atoms with Gasteiger partial charge in [-0.25, -0.2) is 9.67 Å². The summed E-state index contributed by atoms with van der Waals surface area (Å²) in [6, 6.07) is 4.03. The van der Waals surface area contributed by atoms with Crippen LogP contribution in [0.3, 0.4) is 0 Å². The molecule has 0 saturated heterocycles. The van der Waals surface area contributed by atoms with E-state index in [1.165, 1.54) is 0 Å². The molecule has 2 heterocycles. The molecule has 0 saturated carbocycles. The second-order valence-electron chi connectivity index (χ2n) is 4.15. The molecule has 0 aliphatic carbocycles. The predicted molar refractivity (Wildman–Crippen MR) is 65.0 cm³/mol. The molecule has 4 nitrogen and oxygen atoms in total. The quantitative estimate of drug-likeness (QED) is 0.750. The van der Waals surface area contributed by atoms with Crippen LogP contribution in [0, 0.1) is 39.0 Å². The highest BCUT2D eigenvalue weighted by atomic mass is 15.3. The Bertz CT molecular complexity index is 617. The van der Waals surface area contributed by atoms with Crippen molar-refractivity contribution >= 4 is 0 Å². The molecule has 0 amide bonds. The normalized spacial score (nSPS) is 10.3. The van der Waals surface area contributed by atoms with Crippen molar-refractivity contribution in [2.24, 2.45) is 0 Å². The van der Waals surface area contributed by atoms with Crippen LogP contribution in [-0.2, 0) is 0 Å². The van der Waals surface area contributed by atoms with Crippen LogP contribution in [0.15, 0.2) is 12.3 Å². The molecule has 17 heavy (non-hydrogen) atoms. The van der Waals surface area contributed by atoms with Gasteiger partial charge in [-0.15, -0.1) is 0 Å². The highest BCUT2D eigenvalue weighted by molar-refractivity contribution is 5.49. The maximum Gasteiger partial charge on any atom is 0.171 e. The molecule has 2 aromatic heterocycles. The molecule has 0 atom stereocenters. The van der Waals surface area contributed by atoms with E-state index in [1.807, 2.05) is 33.8 Å². The number of nitrogens with zero attached hydrogens (tertiary/aromatic N) is 4. The molecule has 0 N–H and O–H groups in total. The first-order valence-corrected chi connectivity index (χ1v) is 5.45. The summed E-state index contributed by atoms with van der Waals surface area (Å²) >= 11 is 0. The average molecular weight is 226 g/mol. The number of hydrogen-bond donors (Lipinski definition) is 0. The average Bonchev–Trinajstić information content (AvgIpc) is 2.56. The smallest absolute Gasteiger partial charge is 0.171 e. The first kappa shape index (κ1) is 11.3. The van der Waals surface area contributed by atoms with Gasteiger partial charge in [-0.3, -0.25) is 0 Å². The van der Waals surface area contributed by atoms with Crippen LogP contribution in [0.2, 0.25) is 0 Å². The van der Waals surface area contributed by atoms with Crippen LogP contribution in [-0.4, -0.2) is 14.8 Å². The third kappa shape index (κ3) is 1.70. The number of aromatic nitrogens is 3. The van der Waals surface area contributed by atoms with Crippen molar-refractivity contribution < 1.29 is 0 Å². The molecule has 0 radical (unpaired) electrons.